The number of amides is 1. The Labute approximate surface area is 315 Å². The molecule has 0 radical (unpaired) electrons. The third-order valence-electron chi connectivity index (χ3n) is 10.3. The summed E-state index contributed by atoms with van der Waals surface area (Å²) >= 11 is 0. The summed E-state index contributed by atoms with van der Waals surface area (Å²) in [5.41, 5.74) is 4.73. The standard InChI is InChI=1S/C39H45FN8O5S/c1-4-39(49)44-32-23-33(36(52-2)24-35(32)46-14-11-31(12-15-46)45-16-18-47(19-17-45)54(3,50)51)43-37-25-38(42-26-41-37)48-34(13-20-53-48)29-9-5-7-27(21-29)28-8-6-10-30(40)22-28/h4-10,21-26,31,34H,1,11-20H2,2-3H3,(H,44,49)(H,41,42,43). The highest BCUT2D eigenvalue weighted by molar-refractivity contribution is 7.88. The molecule has 1 unspecified atom stereocenters. The molecule has 3 aliphatic rings. The first kappa shape index (κ1) is 37.2. The van der Waals surface area contributed by atoms with Gasteiger partial charge in [-0.1, -0.05) is 36.9 Å². The first-order valence-electron chi connectivity index (χ1n) is 18.1. The molecule has 0 aliphatic carbocycles. The smallest absolute Gasteiger partial charge is 0.247 e. The lowest BCUT2D eigenvalue weighted by Gasteiger charge is -2.43. The van der Waals surface area contributed by atoms with Gasteiger partial charge < -0.3 is 20.3 Å². The van der Waals surface area contributed by atoms with Crippen molar-refractivity contribution in [1.82, 2.24) is 19.2 Å². The lowest BCUT2D eigenvalue weighted by molar-refractivity contribution is -0.111. The lowest BCUT2D eigenvalue weighted by atomic mass is 9.98. The van der Waals surface area contributed by atoms with Gasteiger partial charge in [0, 0.05) is 63.9 Å². The van der Waals surface area contributed by atoms with Crippen LogP contribution < -0.4 is 25.3 Å². The fourth-order valence-electron chi connectivity index (χ4n) is 7.52. The van der Waals surface area contributed by atoms with Crippen molar-refractivity contribution in [1.29, 1.82) is 0 Å². The first-order valence-corrected chi connectivity index (χ1v) is 19.9. The van der Waals surface area contributed by atoms with Crippen molar-refractivity contribution >= 4 is 44.6 Å². The molecule has 3 aromatic carbocycles. The third-order valence-corrected chi connectivity index (χ3v) is 11.6. The van der Waals surface area contributed by atoms with Gasteiger partial charge in [0.2, 0.25) is 15.9 Å². The van der Waals surface area contributed by atoms with E-state index in [2.05, 4.69) is 43.0 Å². The number of nitrogens with one attached hydrogen (secondary N) is 2. The van der Waals surface area contributed by atoms with E-state index in [9.17, 15) is 17.6 Å². The van der Waals surface area contributed by atoms with Crippen molar-refractivity contribution in [3.8, 4) is 16.9 Å². The van der Waals surface area contributed by atoms with E-state index < -0.39 is 10.0 Å². The molecule has 0 bridgehead atoms. The maximum atomic E-state index is 14.0. The number of rotatable bonds is 11. The van der Waals surface area contributed by atoms with Crippen LogP contribution in [0.1, 0.15) is 30.9 Å². The Morgan fingerprint density at radius 3 is 2.39 bits per heavy atom. The number of nitrogens with zero attached hydrogens (tertiary/aromatic N) is 6. The molecule has 3 saturated heterocycles. The molecule has 7 rings (SSSR count). The van der Waals surface area contributed by atoms with Crippen molar-refractivity contribution in [3.63, 3.8) is 0 Å². The number of sulfonamides is 1. The minimum absolute atomic E-state index is 0.128. The van der Waals surface area contributed by atoms with Gasteiger partial charge >= 0.3 is 0 Å². The number of piperazine rings is 1. The highest BCUT2D eigenvalue weighted by atomic mass is 32.2. The zero-order chi connectivity index (χ0) is 37.8. The SMILES string of the molecule is C=CC(=O)Nc1cc(Nc2cc(N3OCCC3c3cccc(-c4cccc(F)c4)c3)ncn2)c(OC)cc1N1CCC(N2CCN(S(C)(=O)=O)CC2)CC1. The minimum Gasteiger partial charge on any atom is -0.494 e. The molecule has 15 heteroatoms. The molecule has 3 aliphatic heterocycles. The molecular weight excluding hydrogens is 712 g/mol. The molecule has 0 saturated carbocycles. The van der Waals surface area contributed by atoms with Gasteiger partial charge in [0.05, 0.1) is 43.1 Å². The van der Waals surface area contributed by atoms with Crippen molar-refractivity contribution in [3.05, 3.63) is 97.1 Å². The molecule has 13 nitrogen and oxygen atoms in total. The Balaban J connectivity index is 1.08. The number of benzene rings is 3. The second-order valence-corrected chi connectivity index (χ2v) is 15.6. The average molecular weight is 757 g/mol. The largest absolute Gasteiger partial charge is 0.494 e. The van der Waals surface area contributed by atoms with Gasteiger partial charge in [0.1, 0.15) is 23.7 Å². The van der Waals surface area contributed by atoms with Gasteiger partial charge in [-0.25, -0.2) is 27.8 Å². The summed E-state index contributed by atoms with van der Waals surface area (Å²) in [4.78, 5) is 32.4. The van der Waals surface area contributed by atoms with Crippen molar-refractivity contribution < 1.29 is 27.2 Å². The molecular formula is C39H45FN8O5S. The molecule has 3 fully saturated rings. The summed E-state index contributed by atoms with van der Waals surface area (Å²) in [5, 5.41) is 8.12. The Morgan fingerprint density at radius 1 is 0.944 bits per heavy atom. The van der Waals surface area contributed by atoms with Crippen LogP contribution in [0.5, 0.6) is 5.75 Å². The molecule has 1 amide bonds. The predicted octanol–water partition coefficient (Wildman–Crippen LogP) is 5.59. The number of methoxy groups -OCH3 is 1. The maximum absolute atomic E-state index is 14.0. The van der Waals surface area contributed by atoms with Crippen molar-refractivity contribution in [2.45, 2.75) is 31.3 Å². The number of halogens is 1. The quantitative estimate of drug-likeness (QED) is 0.186. The number of aromatic nitrogens is 2. The fourth-order valence-corrected chi connectivity index (χ4v) is 8.35. The lowest BCUT2D eigenvalue weighted by Crippen LogP contribution is -2.54. The third kappa shape index (κ3) is 8.34. The van der Waals surface area contributed by atoms with E-state index in [1.54, 1.807) is 28.6 Å². The van der Waals surface area contributed by atoms with Crippen LogP contribution in [0.25, 0.3) is 11.1 Å². The van der Waals surface area contributed by atoms with E-state index in [0.717, 1.165) is 54.7 Å². The summed E-state index contributed by atoms with van der Waals surface area (Å²) in [6, 6.07) is 20.3. The van der Waals surface area contributed by atoms with E-state index in [1.807, 2.05) is 36.4 Å². The highest BCUT2D eigenvalue weighted by Gasteiger charge is 2.32. The van der Waals surface area contributed by atoms with Gasteiger partial charge in [-0.2, -0.15) is 4.31 Å². The molecule has 1 aromatic heterocycles. The normalized spacial score (nSPS) is 18.8. The average Bonchev–Trinajstić information content (AvgIpc) is 3.68. The maximum Gasteiger partial charge on any atom is 0.247 e. The topological polar surface area (TPSA) is 132 Å². The zero-order valence-electron chi connectivity index (χ0n) is 30.4. The fraction of sp³-hybridized carbons (Fsp3) is 0.359. The van der Waals surface area contributed by atoms with Crippen LogP contribution in [0.2, 0.25) is 0 Å². The van der Waals surface area contributed by atoms with Gasteiger partial charge in [0.25, 0.3) is 0 Å². The summed E-state index contributed by atoms with van der Waals surface area (Å²) in [6.07, 6.45) is 6.50. The van der Waals surface area contributed by atoms with Crippen molar-refractivity contribution in [2.75, 3.05) is 79.8 Å². The van der Waals surface area contributed by atoms with Crippen LogP contribution >= 0.6 is 0 Å². The van der Waals surface area contributed by atoms with Crippen LogP contribution in [-0.2, 0) is 19.7 Å². The molecule has 1 atom stereocenters. The Kier molecular flexibility index (Phi) is 11.1. The predicted molar refractivity (Wildman–Crippen MR) is 208 cm³/mol. The van der Waals surface area contributed by atoms with E-state index in [4.69, 9.17) is 9.57 Å². The summed E-state index contributed by atoms with van der Waals surface area (Å²) in [7, 11) is -1.59. The molecule has 54 heavy (non-hydrogen) atoms. The summed E-state index contributed by atoms with van der Waals surface area (Å²) < 4.78 is 45.4. The summed E-state index contributed by atoms with van der Waals surface area (Å²) in [5.74, 6) is 0.986. The van der Waals surface area contributed by atoms with E-state index in [1.165, 1.54) is 30.8 Å². The Morgan fingerprint density at radius 2 is 1.69 bits per heavy atom. The number of carbonyl (C=O) groups is 1. The minimum atomic E-state index is -3.19. The zero-order valence-corrected chi connectivity index (χ0v) is 31.3. The second kappa shape index (κ2) is 16.1. The number of carbonyl (C=O) groups excluding carboxylic acids is 1. The van der Waals surface area contributed by atoms with Crippen LogP contribution in [0.4, 0.5) is 33.1 Å². The van der Waals surface area contributed by atoms with E-state index in [-0.39, 0.29) is 17.8 Å². The van der Waals surface area contributed by atoms with E-state index in [0.29, 0.717) is 67.6 Å². The van der Waals surface area contributed by atoms with Gasteiger partial charge in [0.15, 0.2) is 5.82 Å². The molecule has 0 spiro atoms. The Hall–Kier alpha value is -5.09. The van der Waals surface area contributed by atoms with Crippen LogP contribution in [0, 0.1) is 5.82 Å². The van der Waals surface area contributed by atoms with Crippen LogP contribution in [0.3, 0.4) is 0 Å². The van der Waals surface area contributed by atoms with Gasteiger partial charge in [-0.3, -0.25) is 14.5 Å². The molecule has 4 aromatic rings. The number of piperidine rings is 1. The van der Waals surface area contributed by atoms with Gasteiger partial charge in [-0.05, 0) is 59.9 Å². The number of anilines is 5. The second-order valence-electron chi connectivity index (χ2n) is 13.7. The monoisotopic (exact) mass is 756 g/mol. The molecule has 284 valence electrons. The number of hydrogen-bond acceptors (Lipinski definition) is 11. The van der Waals surface area contributed by atoms with Crippen molar-refractivity contribution in [2.24, 2.45) is 0 Å². The number of hydrogen-bond donors (Lipinski definition) is 2. The number of ether oxygens (including phenoxy) is 1. The molecule has 4 heterocycles. The van der Waals surface area contributed by atoms with Crippen LogP contribution in [0.15, 0.2) is 85.7 Å². The van der Waals surface area contributed by atoms with Crippen LogP contribution in [-0.4, -0.2) is 98.8 Å². The van der Waals surface area contributed by atoms with E-state index >= 15 is 0 Å². The first-order chi connectivity index (χ1) is 26.1. The van der Waals surface area contributed by atoms with Gasteiger partial charge in [-0.15, -0.1) is 0 Å². The highest BCUT2D eigenvalue weighted by Crippen LogP contribution is 2.41. The Bertz CT molecular complexity index is 2100. The molecule has 2 N–H and O–H groups in total. The summed E-state index contributed by atoms with van der Waals surface area (Å²) in [6.45, 7) is 8.09. The number of hydroxylamine groups is 1.